The van der Waals surface area contributed by atoms with Crippen molar-refractivity contribution in [3.05, 3.63) is 65.2 Å². The van der Waals surface area contributed by atoms with Crippen molar-refractivity contribution in [2.45, 2.75) is 32.4 Å². The minimum absolute atomic E-state index is 0.0145. The molecule has 6 heteroatoms. The molecule has 2 rings (SSSR count). The maximum atomic E-state index is 13.0. The number of amides is 1. The van der Waals surface area contributed by atoms with E-state index < -0.39 is 17.6 Å². The van der Waals surface area contributed by atoms with E-state index in [-0.39, 0.29) is 5.56 Å². The number of benzene rings is 2. The van der Waals surface area contributed by atoms with Crippen LogP contribution in [0.5, 0.6) is 0 Å². The van der Waals surface area contributed by atoms with Crippen LogP contribution in [0.25, 0.3) is 0 Å². The van der Waals surface area contributed by atoms with E-state index in [2.05, 4.69) is 10.9 Å². The Morgan fingerprint density at radius 3 is 2.42 bits per heavy atom. The Morgan fingerprint density at radius 2 is 1.79 bits per heavy atom. The second kappa shape index (κ2) is 7.86. The van der Waals surface area contributed by atoms with Crippen LogP contribution in [-0.4, -0.2) is 5.91 Å². The van der Waals surface area contributed by atoms with Gasteiger partial charge in [0, 0.05) is 5.56 Å². The van der Waals surface area contributed by atoms with Crippen LogP contribution in [-0.2, 0) is 12.6 Å². The van der Waals surface area contributed by atoms with Gasteiger partial charge in [-0.15, -0.1) is 0 Å². The van der Waals surface area contributed by atoms with Gasteiger partial charge >= 0.3 is 6.18 Å². The average Bonchev–Trinajstić information content (AvgIpc) is 2.57. The quantitative estimate of drug-likeness (QED) is 0.744. The van der Waals surface area contributed by atoms with Crippen LogP contribution >= 0.6 is 0 Å². The number of anilines is 1. The zero-order valence-corrected chi connectivity index (χ0v) is 13.3. The number of rotatable bonds is 6. The van der Waals surface area contributed by atoms with Crippen LogP contribution < -0.4 is 10.9 Å². The first-order chi connectivity index (χ1) is 11.4. The molecule has 24 heavy (non-hydrogen) atoms. The molecule has 0 spiro atoms. The predicted octanol–water partition coefficient (Wildman–Crippen LogP) is 4.80. The van der Waals surface area contributed by atoms with E-state index >= 15 is 0 Å². The standard InChI is InChI=1S/C18H19F3N2O/c1-2-3-7-13-10-14(12-15(11-13)18(19,20)21)17(24)23-22-16-8-5-4-6-9-16/h4-6,8-12,22H,2-3,7H2,1H3,(H,23,24). The van der Waals surface area contributed by atoms with Crippen molar-refractivity contribution < 1.29 is 18.0 Å². The molecule has 0 unspecified atom stereocenters. The van der Waals surface area contributed by atoms with Crippen molar-refractivity contribution in [2.75, 3.05) is 5.43 Å². The molecule has 0 aromatic heterocycles. The number of alkyl halides is 3. The molecule has 2 N–H and O–H groups in total. The van der Waals surface area contributed by atoms with Gasteiger partial charge in [-0.25, -0.2) is 0 Å². The monoisotopic (exact) mass is 336 g/mol. The number of hydrazine groups is 1. The Balaban J connectivity index is 2.18. The van der Waals surface area contributed by atoms with Gasteiger partial charge in [-0.2, -0.15) is 13.2 Å². The predicted molar refractivity (Wildman–Crippen MR) is 87.6 cm³/mol. The van der Waals surface area contributed by atoms with Crippen molar-refractivity contribution in [3.63, 3.8) is 0 Å². The summed E-state index contributed by atoms with van der Waals surface area (Å²) < 4.78 is 39.1. The third-order valence-electron chi connectivity index (χ3n) is 3.50. The number of halogens is 3. The number of para-hydroxylation sites is 1. The second-order valence-electron chi connectivity index (χ2n) is 5.47. The van der Waals surface area contributed by atoms with Crippen molar-refractivity contribution in [3.8, 4) is 0 Å². The molecular formula is C18H19F3N2O. The molecule has 2 aromatic carbocycles. The van der Waals surface area contributed by atoms with Crippen LogP contribution in [0.15, 0.2) is 48.5 Å². The van der Waals surface area contributed by atoms with Crippen molar-refractivity contribution >= 4 is 11.6 Å². The fourth-order valence-electron chi connectivity index (χ4n) is 2.23. The topological polar surface area (TPSA) is 41.1 Å². The Bertz CT molecular complexity index is 684. The lowest BCUT2D eigenvalue weighted by Crippen LogP contribution is -2.29. The summed E-state index contributed by atoms with van der Waals surface area (Å²) in [7, 11) is 0. The Kier molecular flexibility index (Phi) is 5.84. The van der Waals surface area contributed by atoms with Crippen molar-refractivity contribution in [1.29, 1.82) is 0 Å². The molecule has 0 aliphatic heterocycles. The Hall–Kier alpha value is -2.50. The highest BCUT2D eigenvalue weighted by atomic mass is 19.4. The molecule has 0 aliphatic carbocycles. The maximum absolute atomic E-state index is 13.0. The van der Waals surface area contributed by atoms with Gasteiger partial charge in [0.1, 0.15) is 0 Å². The number of unbranched alkanes of at least 4 members (excludes halogenated alkanes) is 1. The third kappa shape index (κ3) is 5.01. The molecule has 0 aliphatic rings. The second-order valence-corrected chi connectivity index (χ2v) is 5.47. The fourth-order valence-corrected chi connectivity index (χ4v) is 2.23. The highest BCUT2D eigenvalue weighted by Gasteiger charge is 2.31. The minimum Gasteiger partial charge on any atom is -0.298 e. The normalized spacial score (nSPS) is 11.2. The van der Waals surface area contributed by atoms with Gasteiger partial charge in [-0.05, 0) is 48.7 Å². The molecule has 1 amide bonds. The zero-order chi connectivity index (χ0) is 17.6. The zero-order valence-electron chi connectivity index (χ0n) is 13.3. The number of hydrogen-bond donors (Lipinski definition) is 2. The van der Waals surface area contributed by atoms with E-state index in [9.17, 15) is 18.0 Å². The van der Waals surface area contributed by atoms with Crippen molar-refractivity contribution in [2.24, 2.45) is 0 Å². The fraction of sp³-hybridized carbons (Fsp3) is 0.278. The molecule has 0 saturated carbocycles. The summed E-state index contributed by atoms with van der Waals surface area (Å²) in [5.41, 5.74) is 5.44. The summed E-state index contributed by atoms with van der Waals surface area (Å²) >= 11 is 0. The largest absolute Gasteiger partial charge is 0.416 e. The van der Waals surface area contributed by atoms with Gasteiger partial charge in [0.15, 0.2) is 0 Å². The van der Waals surface area contributed by atoms with Gasteiger partial charge in [-0.1, -0.05) is 31.5 Å². The minimum atomic E-state index is -4.48. The maximum Gasteiger partial charge on any atom is 0.416 e. The lowest BCUT2D eigenvalue weighted by atomic mass is 10.0. The summed E-state index contributed by atoms with van der Waals surface area (Å²) in [6.45, 7) is 1.96. The van der Waals surface area contributed by atoms with Gasteiger partial charge in [-0.3, -0.25) is 15.6 Å². The van der Waals surface area contributed by atoms with Gasteiger partial charge < -0.3 is 0 Å². The number of nitrogens with one attached hydrogen (secondary N) is 2. The summed E-state index contributed by atoms with van der Waals surface area (Å²) in [5.74, 6) is -0.609. The van der Waals surface area contributed by atoms with Gasteiger partial charge in [0.25, 0.3) is 5.91 Å². The smallest absolute Gasteiger partial charge is 0.298 e. The van der Waals surface area contributed by atoms with Crippen molar-refractivity contribution in [1.82, 2.24) is 5.43 Å². The molecule has 128 valence electrons. The van der Waals surface area contributed by atoms with Crippen LogP contribution in [0.1, 0.15) is 41.3 Å². The van der Waals surface area contributed by atoms with E-state index in [4.69, 9.17) is 0 Å². The molecule has 2 aromatic rings. The van der Waals surface area contributed by atoms with Gasteiger partial charge in [0.2, 0.25) is 0 Å². The van der Waals surface area contributed by atoms with E-state index in [0.29, 0.717) is 17.7 Å². The highest BCUT2D eigenvalue weighted by Crippen LogP contribution is 2.31. The molecule has 3 nitrogen and oxygen atoms in total. The summed E-state index contributed by atoms with van der Waals surface area (Å²) in [5, 5.41) is 0. The number of hydrogen-bond acceptors (Lipinski definition) is 2. The van der Waals surface area contributed by atoms with Crippen LogP contribution in [0.2, 0.25) is 0 Å². The molecule has 0 fully saturated rings. The number of carbonyl (C=O) groups is 1. The van der Waals surface area contributed by atoms with E-state index in [1.165, 1.54) is 6.07 Å². The molecule has 0 heterocycles. The number of carbonyl (C=O) groups excluding carboxylic acids is 1. The lowest BCUT2D eigenvalue weighted by molar-refractivity contribution is -0.137. The Morgan fingerprint density at radius 1 is 1.08 bits per heavy atom. The van der Waals surface area contributed by atoms with E-state index in [1.807, 2.05) is 13.0 Å². The van der Waals surface area contributed by atoms with E-state index in [1.54, 1.807) is 24.3 Å². The summed E-state index contributed by atoms with van der Waals surface area (Å²) in [6.07, 6.45) is -2.34. The average molecular weight is 336 g/mol. The lowest BCUT2D eigenvalue weighted by Gasteiger charge is -2.13. The molecule has 0 bridgehead atoms. The molecular weight excluding hydrogens is 317 g/mol. The Labute approximate surface area is 138 Å². The first-order valence-electron chi connectivity index (χ1n) is 7.72. The first kappa shape index (κ1) is 17.8. The first-order valence-corrected chi connectivity index (χ1v) is 7.72. The third-order valence-corrected chi connectivity index (χ3v) is 3.50. The molecule has 0 radical (unpaired) electrons. The van der Waals surface area contributed by atoms with Crippen LogP contribution in [0.4, 0.5) is 18.9 Å². The number of aryl methyl sites for hydroxylation is 1. The highest BCUT2D eigenvalue weighted by molar-refractivity contribution is 5.95. The van der Waals surface area contributed by atoms with Crippen LogP contribution in [0.3, 0.4) is 0 Å². The summed E-state index contributed by atoms with van der Waals surface area (Å²) in [4.78, 5) is 12.2. The van der Waals surface area contributed by atoms with Crippen LogP contribution in [0, 0.1) is 0 Å². The summed E-state index contributed by atoms with van der Waals surface area (Å²) in [6, 6.07) is 12.3. The SMILES string of the molecule is CCCCc1cc(C(=O)NNc2ccccc2)cc(C(F)(F)F)c1. The van der Waals surface area contributed by atoms with E-state index in [0.717, 1.165) is 25.0 Å². The molecule has 0 saturated heterocycles. The van der Waals surface area contributed by atoms with Gasteiger partial charge in [0.05, 0.1) is 11.3 Å². The molecule has 0 atom stereocenters.